The molecule has 1 aromatic rings. The molecule has 2 heterocycles. The van der Waals surface area contributed by atoms with Crippen LogP contribution in [0, 0.1) is 12.8 Å². The molecular weight excluding hydrogens is 252 g/mol. The number of aromatic nitrogens is 2. The van der Waals surface area contributed by atoms with Crippen LogP contribution in [-0.4, -0.2) is 60.8 Å². The second kappa shape index (κ2) is 6.06. The van der Waals surface area contributed by atoms with E-state index in [-0.39, 0.29) is 6.10 Å². The third-order valence-corrected chi connectivity index (χ3v) is 4.05. The first-order valence-corrected chi connectivity index (χ1v) is 7.54. The summed E-state index contributed by atoms with van der Waals surface area (Å²) in [5.74, 6) is 1.88. The number of hydrogen-bond acceptors (Lipinski definition) is 5. The Morgan fingerprint density at radius 2 is 2.20 bits per heavy atom. The predicted octanol–water partition coefficient (Wildman–Crippen LogP) is 1.33. The van der Waals surface area contributed by atoms with Crippen LogP contribution < -0.4 is 4.90 Å². The van der Waals surface area contributed by atoms with E-state index in [9.17, 15) is 0 Å². The summed E-state index contributed by atoms with van der Waals surface area (Å²) in [4.78, 5) is 13.4. The second-order valence-corrected chi connectivity index (χ2v) is 6.12. The van der Waals surface area contributed by atoms with Gasteiger partial charge in [-0.1, -0.05) is 0 Å². The van der Waals surface area contributed by atoms with Crippen LogP contribution in [-0.2, 0) is 4.74 Å². The zero-order valence-electron chi connectivity index (χ0n) is 12.5. The Balaban J connectivity index is 1.68. The van der Waals surface area contributed by atoms with Gasteiger partial charge in [0.1, 0.15) is 12.1 Å². The maximum atomic E-state index is 5.91. The summed E-state index contributed by atoms with van der Waals surface area (Å²) in [6, 6.07) is 2.08. The summed E-state index contributed by atoms with van der Waals surface area (Å²) in [6.07, 6.45) is 4.65. The molecule has 3 rings (SSSR count). The fraction of sp³-hybridized carbons (Fsp3) is 0.733. The molecule has 0 spiro atoms. The SMILES string of the molecule is Cc1cc(N(CC2CC2)CC2CN(C)CCO2)ncn1. The number of rotatable bonds is 5. The van der Waals surface area contributed by atoms with Gasteiger partial charge in [0.05, 0.1) is 12.7 Å². The van der Waals surface area contributed by atoms with Crippen molar-refractivity contribution in [2.75, 3.05) is 44.7 Å². The summed E-state index contributed by atoms with van der Waals surface area (Å²) >= 11 is 0. The molecule has 5 heteroatoms. The summed E-state index contributed by atoms with van der Waals surface area (Å²) in [5.41, 5.74) is 1.03. The summed E-state index contributed by atoms with van der Waals surface area (Å²) in [5, 5.41) is 0. The van der Waals surface area contributed by atoms with Crippen molar-refractivity contribution in [3.8, 4) is 0 Å². The van der Waals surface area contributed by atoms with Crippen LogP contribution >= 0.6 is 0 Å². The third kappa shape index (κ3) is 3.67. The van der Waals surface area contributed by atoms with Crippen molar-refractivity contribution >= 4 is 5.82 Å². The van der Waals surface area contributed by atoms with E-state index in [0.29, 0.717) is 0 Å². The van der Waals surface area contributed by atoms with Gasteiger partial charge in [0.25, 0.3) is 0 Å². The quantitative estimate of drug-likeness (QED) is 0.811. The number of hydrogen-bond donors (Lipinski definition) is 0. The topological polar surface area (TPSA) is 41.5 Å². The lowest BCUT2D eigenvalue weighted by molar-refractivity contribution is -0.0149. The highest BCUT2D eigenvalue weighted by Gasteiger charge is 2.28. The molecule has 0 bridgehead atoms. The first kappa shape index (κ1) is 13.8. The van der Waals surface area contributed by atoms with E-state index in [1.54, 1.807) is 6.33 Å². The Labute approximate surface area is 121 Å². The summed E-state index contributed by atoms with van der Waals surface area (Å²) in [6.45, 7) is 6.92. The standard InChI is InChI=1S/C15H24N4O/c1-12-7-15(17-11-16-12)19(8-13-3-4-13)10-14-9-18(2)5-6-20-14/h7,11,13-14H,3-6,8-10H2,1-2H3. The molecule has 1 aliphatic heterocycles. The zero-order valence-corrected chi connectivity index (χ0v) is 12.5. The Bertz CT molecular complexity index is 449. The molecule has 110 valence electrons. The molecule has 0 radical (unpaired) electrons. The molecule has 1 atom stereocenters. The van der Waals surface area contributed by atoms with Crippen LogP contribution in [0.4, 0.5) is 5.82 Å². The maximum absolute atomic E-state index is 5.91. The largest absolute Gasteiger partial charge is 0.374 e. The summed E-state index contributed by atoms with van der Waals surface area (Å²) in [7, 11) is 2.16. The normalized spacial score (nSPS) is 23.8. The van der Waals surface area contributed by atoms with E-state index in [1.165, 1.54) is 12.8 Å². The number of morpholine rings is 1. The monoisotopic (exact) mass is 276 g/mol. The number of likely N-dealkylation sites (N-methyl/N-ethyl adjacent to an activating group) is 1. The van der Waals surface area contributed by atoms with Gasteiger partial charge in [-0.15, -0.1) is 0 Å². The average molecular weight is 276 g/mol. The van der Waals surface area contributed by atoms with Crippen molar-refractivity contribution in [1.82, 2.24) is 14.9 Å². The molecule has 1 unspecified atom stereocenters. The smallest absolute Gasteiger partial charge is 0.132 e. The molecule has 0 N–H and O–H groups in total. The first-order chi connectivity index (χ1) is 9.70. The van der Waals surface area contributed by atoms with Crippen molar-refractivity contribution in [2.24, 2.45) is 5.92 Å². The Hall–Kier alpha value is -1.20. The highest BCUT2D eigenvalue weighted by Crippen LogP contribution is 2.31. The lowest BCUT2D eigenvalue weighted by Crippen LogP contribution is -2.46. The van der Waals surface area contributed by atoms with Gasteiger partial charge in [-0.2, -0.15) is 0 Å². The number of aryl methyl sites for hydroxylation is 1. The van der Waals surface area contributed by atoms with Crippen molar-refractivity contribution in [1.29, 1.82) is 0 Å². The molecule has 1 saturated carbocycles. The Kier molecular flexibility index (Phi) is 4.17. The van der Waals surface area contributed by atoms with Gasteiger partial charge in [-0.3, -0.25) is 0 Å². The van der Waals surface area contributed by atoms with Gasteiger partial charge in [0.15, 0.2) is 0 Å². The second-order valence-electron chi connectivity index (χ2n) is 6.12. The van der Waals surface area contributed by atoms with Crippen molar-refractivity contribution in [2.45, 2.75) is 25.9 Å². The molecule has 1 aliphatic carbocycles. The van der Waals surface area contributed by atoms with E-state index >= 15 is 0 Å². The van der Waals surface area contributed by atoms with Crippen molar-refractivity contribution < 1.29 is 4.74 Å². The Morgan fingerprint density at radius 1 is 1.35 bits per heavy atom. The van der Waals surface area contributed by atoms with Crippen LogP contribution in [0.5, 0.6) is 0 Å². The van der Waals surface area contributed by atoms with E-state index in [1.807, 2.05) is 6.92 Å². The van der Waals surface area contributed by atoms with Gasteiger partial charge in [0.2, 0.25) is 0 Å². The maximum Gasteiger partial charge on any atom is 0.132 e. The lowest BCUT2D eigenvalue weighted by Gasteiger charge is -2.34. The highest BCUT2D eigenvalue weighted by molar-refractivity contribution is 5.39. The van der Waals surface area contributed by atoms with Gasteiger partial charge in [-0.05, 0) is 32.7 Å². The van der Waals surface area contributed by atoms with Crippen LogP contribution in [0.3, 0.4) is 0 Å². The van der Waals surface area contributed by atoms with Crippen LogP contribution in [0.15, 0.2) is 12.4 Å². The number of ether oxygens (including phenoxy) is 1. The molecule has 1 aromatic heterocycles. The molecule has 2 aliphatic rings. The lowest BCUT2D eigenvalue weighted by atomic mass is 10.2. The highest BCUT2D eigenvalue weighted by atomic mass is 16.5. The van der Waals surface area contributed by atoms with Crippen LogP contribution in [0.25, 0.3) is 0 Å². The molecule has 2 fully saturated rings. The minimum absolute atomic E-state index is 0.280. The number of nitrogens with zero attached hydrogens (tertiary/aromatic N) is 4. The van der Waals surface area contributed by atoms with Crippen molar-refractivity contribution in [3.05, 3.63) is 18.1 Å². The summed E-state index contributed by atoms with van der Waals surface area (Å²) < 4.78 is 5.91. The van der Waals surface area contributed by atoms with E-state index in [4.69, 9.17) is 4.74 Å². The molecule has 0 aromatic carbocycles. The van der Waals surface area contributed by atoms with E-state index in [0.717, 1.165) is 50.2 Å². The first-order valence-electron chi connectivity index (χ1n) is 7.54. The predicted molar refractivity (Wildman–Crippen MR) is 78.9 cm³/mol. The molecule has 20 heavy (non-hydrogen) atoms. The average Bonchev–Trinajstić information content (AvgIpc) is 3.22. The fourth-order valence-corrected chi connectivity index (χ4v) is 2.71. The van der Waals surface area contributed by atoms with Gasteiger partial charge in [-0.25, -0.2) is 9.97 Å². The molecule has 5 nitrogen and oxygen atoms in total. The van der Waals surface area contributed by atoms with Crippen molar-refractivity contribution in [3.63, 3.8) is 0 Å². The van der Waals surface area contributed by atoms with Gasteiger partial charge >= 0.3 is 0 Å². The Morgan fingerprint density at radius 3 is 2.90 bits per heavy atom. The van der Waals surface area contributed by atoms with Gasteiger partial charge in [0, 0.05) is 37.9 Å². The van der Waals surface area contributed by atoms with E-state index in [2.05, 4.69) is 32.9 Å². The third-order valence-electron chi connectivity index (χ3n) is 4.05. The minimum Gasteiger partial charge on any atom is -0.374 e. The van der Waals surface area contributed by atoms with E-state index < -0.39 is 0 Å². The molecule has 1 saturated heterocycles. The van der Waals surface area contributed by atoms with Crippen LogP contribution in [0.2, 0.25) is 0 Å². The fourth-order valence-electron chi connectivity index (χ4n) is 2.71. The van der Waals surface area contributed by atoms with Gasteiger partial charge < -0.3 is 14.5 Å². The molecular formula is C15H24N4O. The molecule has 0 amide bonds. The minimum atomic E-state index is 0.280. The zero-order chi connectivity index (χ0) is 13.9. The van der Waals surface area contributed by atoms with Crippen LogP contribution in [0.1, 0.15) is 18.5 Å². The number of anilines is 1.